The monoisotopic (exact) mass is 280 g/mol. The normalized spacial score (nSPS) is 11.1. The van der Waals surface area contributed by atoms with E-state index in [2.05, 4.69) is 35.8 Å². The molecule has 3 aromatic rings. The molecule has 1 aromatic heterocycles. The van der Waals surface area contributed by atoms with E-state index in [1.54, 1.807) is 6.07 Å². The van der Waals surface area contributed by atoms with Crippen LogP contribution in [0.2, 0.25) is 0 Å². The van der Waals surface area contributed by atoms with Crippen molar-refractivity contribution in [2.75, 3.05) is 0 Å². The van der Waals surface area contributed by atoms with Crippen molar-refractivity contribution in [3.05, 3.63) is 65.4 Å². The maximum absolute atomic E-state index is 9.76. The summed E-state index contributed by atoms with van der Waals surface area (Å²) in [6, 6.07) is 15.9. The number of nitrogens with zero attached hydrogens (tertiary/aromatic N) is 1. The lowest BCUT2D eigenvalue weighted by molar-refractivity contribution is 0.476. The van der Waals surface area contributed by atoms with Gasteiger partial charge < -0.3 is 15.4 Å². The third kappa shape index (κ3) is 2.41. The van der Waals surface area contributed by atoms with Crippen LogP contribution in [0.1, 0.15) is 23.7 Å². The summed E-state index contributed by atoms with van der Waals surface area (Å²) in [5, 5.41) is 10.8. The number of hydrogen-bond donors (Lipinski definition) is 2. The topological polar surface area (TPSA) is 51.2 Å². The maximum Gasteiger partial charge on any atom is 0.116 e. The van der Waals surface area contributed by atoms with Gasteiger partial charge in [0.05, 0.1) is 0 Å². The molecule has 0 aliphatic carbocycles. The summed E-state index contributed by atoms with van der Waals surface area (Å²) < 4.78 is 2.31. The fraction of sp³-hybridized carbons (Fsp3) is 0.222. The molecule has 3 nitrogen and oxygen atoms in total. The lowest BCUT2D eigenvalue weighted by atomic mass is 10.1. The zero-order valence-electron chi connectivity index (χ0n) is 12.2. The van der Waals surface area contributed by atoms with Crippen molar-refractivity contribution in [3.8, 4) is 5.75 Å². The number of aromatic hydroxyl groups is 1. The first-order valence-corrected chi connectivity index (χ1v) is 7.31. The van der Waals surface area contributed by atoms with Crippen LogP contribution in [-0.2, 0) is 19.5 Å². The predicted octanol–water partition coefficient (Wildman–Crippen LogP) is 3.42. The molecule has 3 rings (SSSR count). The van der Waals surface area contributed by atoms with Gasteiger partial charge in [0, 0.05) is 29.7 Å². The molecule has 0 aliphatic heterocycles. The van der Waals surface area contributed by atoms with Gasteiger partial charge in [-0.2, -0.15) is 0 Å². The van der Waals surface area contributed by atoms with E-state index in [1.165, 1.54) is 11.3 Å². The largest absolute Gasteiger partial charge is 0.508 e. The van der Waals surface area contributed by atoms with Crippen LogP contribution in [0.25, 0.3) is 10.9 Å². The van der Waals surface area contributed by atoms with Crippen molar-refractivity contribution in [2.24, 2.45) is 5.73 Å². The Morgan fingerprint density at radius 2 is 1.86 bits per heavy atom. The van der Waals surface area contributed by atoms with Crippen molar-refractivity contribution in [3.63, 3.8) is 0 Å². The zero-order valence-corrected chi connectivity index (χ0v) is 12.2. The molecule has 2 aromatic carbocycles. The Bertz CT molecular complexity index is 760. The molecule has 0 saturated heterocycles. The number of hydrogen-bond acceptors (Lipinski definition) is 2. The van der Waals surface area contributed by atoms with Crippen molar-refractivity contribution < 1.29 is 5.11 Å². The number of phenols is 1. The second-order valence-corrected chi connectivity index (χ2v) is 5.26. The van der Waals surface area contributed by atoms with E-state index in [4.69, 9.17) is 5.73 Å². The van der Waals surface area contributed by atoms with Crippen molar-refractivity contribution >= 4 is 10.9 Å². The Balaban J connectivity index is 2.20. The first-order valence-electron chi connectivity index (χ1n) is 7.31. The van der Waals surface area contributed by atoms with Gasteiger partial charge in [0.15, 0.2) is 0 Å². The van der Waals surface area contributed by atoms with Gasteiger partial charge >= 0.3 is 0 Å². The first kappa shape index (κ1) is 13.7. The van der Waals surface area contributed by atoms with Crippen LogP contribution >= 0.6 is 0 Å². The van der Waals surface area contributed by atoms with Gasteiger partial charge in [-0.25, -0.2) is 0 Å². The lowest BCUT2D eigenvalue weighted by Gasteiger charge is -2.11. The van der Waals surface area contributed by atoms with E-state index >= 15 is 0 Å². The molecule has 0 bridgehead atoms. The molecule has 1 heterocycles. The van der Waals surface area contributed by atoms with Crippen LogP contribution in [0.5, 0.6) is 5.75 Å². The molecule has 0 aliphatic rings. The lowest BCUT2D eigenvalue weighted by Crippen LogP contribution is -2.06. The molecule has 0 unspecified atom stereocenters. The Kier molecular flexibility index (Phi) is 3.67. The van der Waals surface area contributed by atoms with Crippen LogP contribution < -0.4 is 5.73 Å². The van der Waals surface area contributed by atoms with Gasteiger partial charge in [0.25, 0.3) is 0 Å². The number of rotatable bonds is 4. The van der Waals surface area contributed by atoms with E-state index in [0.717, 1.165) is 29.4 Å². The summed E-state index contributed by atoms with van der Waals surface area (Å²) >= 11 is 0. The number of fused-ring (bicyclic) bond motifs is 1. The summed E-state index contributed by atoms with van der Waals surface area (Å²) in [6.45, 7) is 3.46. The molecule has 21 heavy (non-hydrogen) atoms. The van der Waals surface area contributed by atoms with Gasteiger partial charge in [0.1, 0.15) is 5.75 Å². The zero-order chi connectivity index (χ0) is 14.8. The SMILES string of the molecule is CCc1c(CN)c2cc(O)ccc2n1Cc1ccccc1. The van der Waals surface area contributed by atoms with Crippen LogP contribution in [0.15, 0.2) is 48.5 Å². The molecule has 0 saturated carbocycles. The molecule has 3 heteroatoms. The average molecular weight is 280 g/mol. The second-order valence-electron chi connectivity index (χ2n) is 5.26. The molecule has 0 atom stereocenters. The average Bonchev–Trinajstić information content (AvgIpc) is 2.80. The molecule has 3 N–H and O–H groups in total. The highest BCUT2D eigenvalue weighted by molar-refractivity contribution is 5.87. The molecule has 0 spiro atoms. The molecular weight excluding hydrogens is 260 g/mol. The minimum atomic E-state index is 0.289. The summed E-state index contributed by atoms with van der Waals surface area (Å²) in [5.41, 5.74) is 10.7. The fourth-order valence-corrected chi connectivity index (χ4v) is 3.04. The molecule has 0 amide bonds. The van der Waals surface area contributed by atoms with E-state index in [9.17, 15) is 5.11 Å². The van der Waals surface area contributed by atoms with Crippen molar-refractivity contribution in [1.82, 2.24) is 4.57 Å². The second kappa shape index (κ2) is 5.62. The standard InChI is InChI=1S/C18H20N2O/c1-2-17-16(11-19)15-10-14(21)8-9-18(15)20(17)12-13-6-4-3-5-7-13/h3-10,21H,2,11-12,19H2,1H3. The Labute approximate surface area is 124 Å². The Hall–Kier alpha value is -2.26. The minimum absolute atomic E-state index is 0.289. The Morgan fingerprint density at radius 1 is 1.10 bits per heavy atom. The molecule has 108 valence electrons. The maximum atomic E-state index is 9.76. The van der Waals surface area contributed by atoms with Crippen molar-refractivity contribution in [1.29, 1.82) is 0 Å². The molecular formula is C18H20N2O. The third-order valence-corrected chi connectivity index (χ3v) is 3.99. The van der Waals surface area contributed by atoms with Gasteiger partial charge in [0.2, 0.25) is 0 Å². The van der Waals surface area contributed by atoms with Crippen LogP contribution in [0.4, 0.5) is 0 Å². The van der Waals surface area contributed by atoms with Crippen molar-refractivity contribution in [2.45, 2.75) is 26.4 Å². The van der Waals surface area contributed by atoms with Gasteiger partial charge in [-0.1, -0.05) is 37.3 Å². The summed E-state index contributed by atoms with van der Waals surface area (Å²) in [6.07, 6.45) is 0.925. The van der Waals surface area contributed by atoms with Gasteiger partial charge in [-0.15, -0.1) is 0 Å². The highest BCUT2D eigenvalue weighted by Gasteiger charge is 2.15. The number of nitrogens with two attached hydrogens (primary N) is 1. The first-order chi connectivity index (χ1) is 10.2. The van der Waals surface area contributed by atoms with E-state index in [0.29, 0.717) is 6.54 Å². The van der Waals surface area contributed by atoms with Gasteiger partial charge in [-0.3, -0.25) is 0 Å². The number of benzene rings is 2. The van der Waals surface area contributed by atoms with Crippen LogP contribution in [0, 0.1) is 0 Å². The summed E-state index contributed by atoms with van der Waals surface area (Å²) in [5.74, 6) is 0.289. The highest BCUT2D eigenvalue weighted by Crippen LogP contribution is 2.30. The number of phenolic OH excluding ortho intramolecular Hbond substituents is 1. The predicted molar refractivity (Wildman–Crippen MR) is 86.4 cm³/mol. The summed E-state index contributed by atoms with van der Waals surface area (Å²) in [4.78, 5) is 0. The third-order valence-electron chi connectivity index (χ3n) is 3.99. The van der Waals surface area contributed by atoms with Crippen LogP contribution in [0.3, 0.4) is 0 Å². The quantitative estimate of drug-likeness (QED) is 0.769. The van der Waals surface area contributed by atoms with Gasteiger partial charge in [-0.05, 0) is 35.7 Å². The van der Waals surface area contributed by atoms with Crippen LogP contribution in [-0.4, -0.2) is 9.67 Å². The molecule has 0 fully saturated rings. The van der Waals surface area contributed by atoms with E-state index in [-0.39, 0.29) is 5.75 Å². The molecule has 0 radical (unpaired) electrons. The Morgan fingerprint density at radius 3 is 2.52 bits per heavy atom. The number of aromatic nitrogens is 1. The van der Waals surface area contributed by atoms with E-state index < -0.39 is 0 Å². The smallest absolute Gasteiger partial charge is 0.116 e. The summed E-state index contributed by atoms with van der Waals surface area (Å²) in [7, 11) is 0. The highest BCUT2D eigenvalue weighted by atomic mass is 16.3. The van der Waals surface area contributed by atoms with E-state index in [1.807, 2.05) is 18.2 Å². The fourth-order valence-electron chi connectivity index (χ4n) is 3.04. The minimum Gasteiger partial charge on any atom is -0.508 e.